The lowest BCUT2D eigenvalue weighted by atomic mass is 9.97. The SMILES string of the molecule is O=C(NCCCCn1ccnc1)C1CCN(S(=O)(=O)c2ccc3c(c2)CCC3)CC1. The number of aryl methyl sites for hydroxylation is 3. The zero-order valence-corrected chi connectivity index (χ0v) is 18.1. The number of sulfonamides is 1. The normalized spacial score (nSPS) is 17.7. The summed E-state index contributed by atoms with van der Waals surface area (Å²) in [6, 6.07) is 5.55. The number of carbonyl (C=O) groups excluding carboxylic acids is 1. The van der Waals surface area contributed by atoms with E-state index in [0.29, 0.717) is 37.4 Å². The van der Waals surface area contributed by atoms with Crippen LogP contribution in [0, 0.1) is 5.92 Å². The van der Waals surface area contributed by atoms with Crippen molar-refractivity contribution in [3.8, 4) is 0 Å². The van der Waals surface area contributed by atoms with E-state index in [1.807, 2.05) is 22.9 Å². The fraction of sp³-hybridized carbons (Fsp3) is 0.545. The fourth-order valence-corrected chi connectivity index (χ4v) is 5.93. The summed E-state index contributed by atoms with van der Waals surface area (Å²) < 4.78 is 29.6. The summed E-state index contributed by atoms with van der Waals surface area (Å²) in [6.07, 6.45) is 11.6. The summed E-state index contributed by atoms with van der Waals surface area (Å²) in [5, 5.41) is 3.01. The average Bonchev–Trinajstić information content (AvgIpc) is 3.44. The molecule has 2 aromatic rings. The van der Waals surface area contributed by atoms with Crippen LogP contribution in [0.2, 0.25) is 0 Å². The van der Waals surface area contributed by atoms with Crippen molar-refractivity contribution in [2.45, 2.75) is 56.4 Å². The van der Waals surface area contributed by atoms with Gasteiger partial charge in [-0.15, -0.1) is 0 Å². The number of unbranched alkanes of at least 4 members (excludes halogenated alkanes) is 1. The van der Waals surface area contributed by atoms with Gasteiger partial charge >= 0.3 is 0 Å². The molecule has 1 aromatic heterocycles. The van der Waals surface area contributed by atoms with Crippen molar-refractivity contribution in [3.05, 3.63) is 48.0 Å². The molecule has 0 saturated carbocycles. The molecule has 2 heterocycles. The molecule has 30 heavy (non-hydrogen) atoms. The quantitative estimate of drug-likeness (QED) is 0.652. The molecule has 4 rings (SSSR count). The summed E-state index contributed by atoms with van der Waals surface area (Å²) >= 11 is 0. The minimum Gasteiger partial charge on any atom is -0.356 e. The maximum absolute atomic E-state index is 13.0. The van der Waals surface area contributed by atoms with Crippen LogP contribution in [0.5, 0.6) is 0 Å². The minimum atomic E-state index is -3.48. The van der Waals surface area contributed by atoms with Gasteiger partial charge in [0.1, 0.15) is 0 Å². The van der Waals surface area contributed by atoms with Crippen LogP contribution in [-0.4, -0.2) is 47.8 Å². The molecular weight excluding hydrogens is 400 g/mol. The Bertz CT molecular complexity index is 964. The topological polar surface area (TPSA) is 84.3 Å². The number of hydrogen-bond donors (Lipinski definition) is 1. The van der Waals surface area contributed by atoms with Gasteiger partial charge in [0.15, 0.2) is 0 Å². The third-order valence-corrected chi connectivity index (χ3v) is 8.13. The lowest BCUT2D eigenvalue weighted by Crippen LogP contribution is -2.43. The number of imidazole rings is 1. The van der Waals surface area contributed by atoms with E-state index in [0.717, 1.165) is 38.6 Å². The molecule has 7 nitrogen and oxygen atoms in total. The van der Waals surface area contributed by atoms with Gasteiger partial charge in [0.25, 0.3) is 0 Å². The summed E-state index contributed by atoms with van der Waals surface area (Å²) in [4.78, 5) is 16.9. The number of rotatable bonds is 8. The van der Waals surface area contributed by atoms with Gasteiger partial charge in [-0.05, 0) is 68.2 Å². The number of nitrogens with one attached hydrogen (secondary N) is 1. The third-order valence-electron chi connectivity index (χ3n) is 6.23. The standard InChI is InChI=1S/C22H30N4O3S/c27-22(24-10-1-2-12-25-15-11-23-17-25)19-8-13-26(14-9-19)30(28,29)21-7-6-18-4-3-5-20(18)16-21/h6-7,11,15-17,19H,1-5,8-10,12-14H2,(H,24,27). The van der Waals surface area contributed by atoms with Gasteiger partial charge in [-0.2, -0.15) is 4.31 Å². The fourth-order valence-electron chi connectivity index (χ4n) is 4.41. The highest BCUT2D eigenvalue weighted by atomic mass is 32.2. The average molecular weight is 431 g/mol. The maximum atomic E-state index is 13.0. The first kappa shape index (κ1) is 21.1. The Morgan fingerprint density at radius 3 is 2.70 bits per heavy atom. The van der Waals surface area contributed by atoms with Gasteiger partial charge in [0, 0.05) is 44.5 Å². The van der Waals surface area contributed by atoms with Crippen LogP contribution in [0.3, 0.4) is 0 Å². The molecule has 2 aliphatic rings. The number of nitrogens with zero attached hydrogens (tertiary/aromatic N) is 3. The number of aromatic nitrogens is 2. The van der Waals surface area contributed by atoms with Gasteiger partial charge in [-0.3, -0.25) is 4.79 Å². The molecule has 1 aromatic carbocycles. The second-order valence-electron chi connectivity index (χ2n) is 8.26. The first-order valence-corrected chi connectivity index (χ1v) is 12.3. The maximum Gasteiger partial charge on any atom is 0.243 e. The highest BCUT2D eigenvalue weighted by Crippen LogP contribution is 2.28. The zero-order valence-electron chi connectivity index (χ0n) is 17.3. The third kappa shape index (κ3) is 4.75. The van der Waals surface area contributed by atoms with E-state index in [-0.39, 0.29) is 11.8 Å². The van der Waals surface area contributed by atoms with E-state index in [4.69, 9.17) is 0 Å². The number of hydrogen-bond acceptors (Lipinski definition) is 4. The molecule has 1 aliphatic carbocycles. The van der Waals surface area contributed by atoms with Crippen molar-refractivity contribution in [1.29, 1.82) is 0 Å². The van der Waals surface area contributed by atoms with Crippen LogP contribution in [-0.2, 0) is 34.2 Å². The smallest absolute Gasteiger partial charge is 0.243 e. The largest absolute Gasteiger partial charge is 0.356 e. The molecule has 8 heteroatoms. The summed E-state index contributed by atoms with van der Waals surface area (Å²) in [5.41, 5.74) is 2.44. The molecule has 1 aliphatic heterocycles. The van der Waals surface area contributed by atoms with Crippen LogP contribution in [0.1, 0.15) is 43.2 Å². The molecule has 0 atom stereocenters. The van der Waals surface area contributed by atoms with Gasteiger partial charge in [-0.25, -0.2) is 13.4 Å². The molecule has 0 unspecified atom stereocenters. The second-order valence-corrected chi connectivity index (χ2v) is 10.2. The number of piperidine rings is 1. The van der Waals surface area contributed by atoms with Crippen molar-refractivity contribution in [3.63, 3.8) is 0 Å². The Labute approximate surface area is 178 Å². The Hall–Kier alpha value is -2.19. The first-order valence-electron chi connectivity index (χ1n) is 10.9. The van der Waals surface area contributed by atoms with Crippen LogP contribution in [0.25, 0.3) is 0 Å². The van der Waals surface area contributed by atoms with Crippen LogP contribution in [0.4, 0.5) is 0 Å². The number of fused-ring (bicyclic) bond motifs is 1. The van der Waals surface area contributed by atoms with Crippen molar-refractivity contribution in [2.24, 2.45) is 5.92 Å². The molecule has 0 spiro atoms. The Kier molecular flexibility index (Phi) is 6.53. The zero-order chi connectivity index (χ0) is 21.0. The van der Waals surface area contributed by atoms with E-state index in [2.05, 4.69) is 10.3 Å². The lowest BCUT2D eigenvalue weighted by Gasteiger charge is -2.30. The monoisotopic (exact) mass is 430 g/mol. The second kappa shape index (κ2) is 9.31. The minimum absolute atomic E-state index is 0.0483. The van der Waals surface area contributed by atoms with Crippen molar-refractivity contribution in [1.82, 2.24) is 19.2 Å². The number of benzene rings is 1. The number of carbonyl (C=O) groups is 1. The molecule has 1 amide bonds. The van der Waals surface area contributed by atoms with Gasteiger partial charge in [0.05, 0.1) is 11.2 Å². The Morgan fingerprint density at radius 1 is 1.13 bits per heavy atom. The van der Waals surface area contributed by atoms with E-state index in [1.165, 1.54) is 11.1 Å². The Balaban J connectivity index is 1.22. The Morgan fingerprint density at radius 2 is 1.93 bits per heavy atom. The molecule has 0 bridgehead atoms. The molecule has 162 valence electrons. The summed E-state index contributed by atoms with van der Waals surface area (Å²) in [5.74, 6) is -0.0580. The predicted molar refractivity (Wildman–Crippen MR) is 114 cm³/mol. The predicted octanol–water partition coefficient (Wildman–Crippen LogP) is 2.37. The molecule has 1 saturated heterocycles. The van der Waals surface area contributed by atoms with Gasteiger partial charge in [0.2, 0.25) is 15.9 Å². The van der Waals surface area contributed by atoms with Gasteiger partial charge < -0.3 is 9.88 Å². The molecule has 0 radical (unpaired) electrons. The summed E-state index contributed by atoms with van der Waals surface area (Å²) in [7, 11) is -3.48. The highest BCUT2D eigenvalue weighted by molar-refractivity contribution is 7.89. The van der Waals surface area contributed by atoms with Crippen LogP contribution < -0.4 is 5.32 Å². The highest BCUT2D eigenvalue weighted by Gasteiger charge is 2.32. The molecular formula is C22H30N4O3S. The molecule has 1 fully saturated rings. The first-order chi connectivity index (χ1) is 14.5. The van der Waals surface area contributed by atoms with E-state index in [9.17, 15) is 13.2 Å². The number of amides is 1. The van der Waals surface area contributed by atoms with Crippen molar-refractivity contribution < 1.29 is 13.2 Å². The van der Waals surface area contributed by atoms with Crippen LogP contribution in [0.15, 0.2) is 41.8 Å². The lowest BCUT2D eigenvalue weighted by molar-refractivity contribution is -0.126. The van der Waals surface area contributed by atoms with Crippen molar-refractivity contribution >= 4 is 15.9 Å². The molecule has 1 N–H and O–H groups in total. The van der Waals surface area contributed by atoms with Crippen LogP contribution >= 0.6 is 0 Å². The van der Waals surface area contributed by atoms with Gasteiger partial charge in [-0.1, -0.05) is 6.07 Å². The van der Waals surface area contributed by atoms with Crippen molar-refractivity contribution in [2.75, 3.05) is 19.6 Å². The van der Waals surface area contributed by atoms with E-state index < -0.39 is 10.0 Å². The summed E-state index contributed by atoms with van der Waals surface area (Å²) in [6.45, 7) is 2.35. The van der Waals surface area contributed by atoms with E-state index in [1.54, 1.807) is 22.9 Å². The van der Waals surface area contributed by atoms with E-state index >= 15 is 0 Å².